The Kier molecular flexibility index (Phi) is 4.11. The number of aryl methyl sites for hydroxylation is 1. The molecule has 0 saturated carbocycles. The van der Waals surface area contributed by atoms with Crippen molar-refractivity contribution >= 4 is 0 Å². The molecule has 3 unspecified atom stereocenters. The number of piperazine rings is 1. The molecule has 1 saturated heterocycles. The molecular weight excluding hydrogens is 246 g/mol. The second kappa shape index (κ2) is 5.84. The third-order valence-corrected chi connectivity index (χ3v) is 5.26. The van der Waals surface area contributed by atoms with Crippen LogP contribution in [0.3, 0.4) is 0 Å². The van der Waals surface area contributed by atoms with Crippen LogP contribution in [0, 0.1) is 0 Å². The van der Waals surface area contributed by atoms with Crippen molar-refractivity contribution in [2.24, 2.45) is 0 Å². The fourth-order valence-corrected chi connectivity index (χ4v) is 3.86. The van der Waals surface area contributed by atoms with Crippen LogP contribution >= 0.6 is 0 Å². The van der Waals surface area contributed by atoms with Crippen molar-refractivity contribution in [1.29, 1.82) is 0 Å². The predicted octanol–water partition coefficient (Wildman–Crippen LogP) is 1.90. The number of hydrogen-bond acceptors (Lipinski definition) is 3. The molecule has 3 heteroatoms. The van der Waals surface area contributed by atoms with Crippen molar-refractivity contribution in [3.05, 3.63) is 35.4 Å². The summed E-state index contributed by atoms with van der Waals surface area (Å²) < 4.78 is 0. The van der Waals surface area contributed by atoms with Gasteiger partial charge < -0.3 is 10.2 Å². The third kappa shape index (κ3) is 2.50. The molecule has 110 valence electrons. The summed E-state index contributed by atoms with van der Waals surface area (Å²) in [6.07, 6.45) is 2.50. The van der Waals surface area contributed by atoms with Crippen molar-refractivity contribution in [2.75, 3.05) is 33.7 Å². The third-order valence-electron chi connectivity index (χ3n) is 5.26. The van der Waals surface area contributed by atoms with Gasteiger partial charge in [0.15, 0.2) is 0 Å². The second-order valence-corrected chi connectivity index (χ2v) is 6.40. The highest BCUT2D eigenvalue weighted by molar-refractivity contribution is 5.34. The van der Waals surface area contributed by atoms with Crippen molar-refractivity contribution in [2.45, 2.75) is 37.9 Å². The first-order chi connectivity index (χ1) is 9.70. The summed E-state index contributed by atoms with van der Waals surface area (Å²) in [5.74, 6) is 0. The molecule has 1 N–H and O–H groups in total. The van der Waals surface area contributed by atoms with Crippen molar-refractivity contribution in [1.82, 2.24) is 15.1 Å². The minimum Gasteiger partial charge on any atom is -0.312 e. The molecule has 1 fully saturated rings. The summed E-state index contributed by atoms with van der Waals surface area (Å²) in [5.41, 5.74) is 3.04. The number of nitrogens with one attached hydrogen (secondary N) is 1. The van der Waals surface area contributed by atoms with E-state index in [1.807, 2.05) is 0 Å². The first kappa shape index (κ1) is 14.1. The Morgan fingerprint density at radius 2 is 2.00 bits per heavy atom. The van der Waals surface area contributed by atoms with Gasteiger partial charge in [0, 0.05) is 37.8 Å². The Morgan fingerprint density at radius 3 is 2.75 bits per heavy atom. The highest BCUT2D eigenvalue weighted by Gasteiger charge is 2.34. The average Bonchev–Trinajstić information content (AvgIpc) is 2.49. The van der Waals surface area contributed by atoms with Gasteiger partial charge in [0.1, 0.15) is 0 Å². The summed E-state index contributed by atoms with van der Waals surface area (Å²) in [7, 11) is 4.35. The number of hydrogen-bond donors (Lipinski definition) is 1. The Hall–Kier alpha value is -0.900. The number of fused-ring (bicyclic) bond motifs is 1. The van der Waals surface area contributed by atoms with Crippen molar-refractivity contribution < 1.29 is 0 Å². The molecule has 1 aromatic carbocycles. The van der Waals surface area contributed by atoms with E-state index in [-0.39, 0.29) is 0 Å². The quantitative estimate of drug-likeness (QED) is 0.888. The highest BCUT2D eigenvalue weighted by atomic mass is 15.3. The summed E-state index contributed by atoms with van der Waals surface area (Å²) in [4.78, 5) is 5.18. The number of likely N-dealkylation sites (N-methyl/N-ethyl adjacent to an activating group) is 2. The van der Waals surface area contributed by atoms with Crippen LogP contribution in [0.4, 0.5) is 0 Å². The zero-order chi connectivity index (χ0) is 14.1. The van der Waals surface area contributed by atoms with Crippen LogP contribution in [0.5, 0.6) is 0 Å². The normalized spacial score (nSPS) is 32.0. The van der Waals surface area contributed by atoms with Crippen molar-refractivity contribution in [3.8, 4) is 0 Å². The van der Waals surface area contributed by atoms with E-state index in [0.29, 0.717) is 18.1 Å². The largest absolute Gasteiger partial charge is 0.312 e. The molecule has 0 spiro atoms. The van der Waals surface area contributed by atoms with Crippen LogP contribution in [-0.4, -0.2) is 55.6 Å². The fraction of sp³-hybridized carbons (Fsp3) is 0.647. The molecule has 20 heavy (non-hydrogen) atoms. The molecule has 1 aromatic rings. The van der Waals surface area contributed by atoms with E-state index in [4.69, 9.17) is 0 Å². The first-order valence-corrected chi connectivity index (χ1v) is 7.90. The smallest absolute Gasteiger partial charge is 0.0478 e. The van der Waals surface area contributed by atoms with E-state index in [1.54, 1.807) is 0 Å². The van der Waals surface area contributed by atoms with Gasteiger partial charge in [0.25, 0.3) is 0 Å². The molecule has 3 rings (SSSR count). The van der Waals surface area contributed by atoms with Gasteiger partial charge in [0.2, 0.25) is 0 Å². The predicted molar refractivity (Wildman–Crippen MR) is 84.0 cm³/mol. The van der Waals surface area contributed by atoms with Crippen LogP contribution in [0.2, 0.25) is 0 Å². The molecule has 0 bridgehead atoms. The minimum atomic E-state index is 0.482. The summed E-state index contributed by atoms with van der Waals surface area (Å²) in [6, 6.07) is 10.7. The zero-order valence-corrected chi connectivity index (χ0v) is 13.0. The fourth-order valence-electron chi connectivity index (χ4n) is 3.86. The van der Waals surface area contributed by atoms with Crippen LogP contribution in [-0.2, 0) is 6.42 Å². The monoisotopic (exact) mass is 273 g/mol. The number of nitrogens with zero attached hydrogens (tertiary/aromatic N) is 2. The van der Waals surface area contributed by atoms with E-state index in [1.165, 1.54) is 43.6 Å². The molecular formula is C17H27N3. The van der Waals surface area contributed by atoms with Crippen LogP contribution in [0.1, 0.15) is 30.5 Å². The highest BCUT2D eigenvalue weighted by Crippen LogP contribution is 2.33. The Labute approximate surface area is 123 Å². The molecule has 3 atom stereocenters. The molecule has 1 aliphatic carbocycles. The SMILES string of the molecule is CNC1c2ccccc2CCC1N1CCN(C)C(C)C1. The van der Waals surface area contributed by atoms with Gasteiger partial charge >= 0.3 is 0 Å². The van der Waals surface area contributed by atoms with Crippen molar-refractivity contribution in [3.63, 3.8) is 0 Å². The molecule has 3 nitrogen and oxygen atoms in total. The summed E-state index contributed by atoms with van der Waals surface area (Å²) >= 11 is 0. The number of benzene rings is 1. The van der Waals surface area contributed by atoms with E-state index in [2.05, 4.69) is 60.4 Å². The lowest BCUT2D eigenvalue weighted by molar-refractivity contribution is 0.0513. The Morgan fingerprint density at radius 1 is 1.20 bits per heavy atom. The van der Waals surface area contributed by atoms with Gasteiger partial charge in [-0.25, -0.2) is 0 Å². The van der Waals surface area contributed by atoms with E-state index in [0.717, 1.165) is 0 Å². The van der Waals surface area contributed by atoms with Crippen LogP contribution in [0.25, 0.3) is 0 Å². The lowest BCUT2D eigenvalue weighted by Crippen LogP contribution is -2.56. The first-order valence-electron chi connectivity index (χ1n) is 7.90. The van der Waals surface area contributed by atoms with Gasteiger partial charge in [-0.2, -0.15) is 0 Å². The lowest BCUT2D eigenvalue weighted by atomic mass is 9.83. The molecule has 1 aliphatic heterocycles. The Bertz CT molecular complexity index is 459. The van der Waals surface area contributed by atoms with E-state index >= 15 is 0 Å². The summed E-state index contributed by atoms with van der Waals surface area (Å²) in [5, 5.41) is 3.58. The van der Waals surface area contributed by atoms with Crippen LogP contribution in [0.15, 0.2) is 24.3 Å². The zero-order valence-electron chi connectivity index (χ0n) is 13.0. The maximum atomic E-state index is 3.58. The minimum absolute atomic E-state index is 0.482. The topological polar surface area (TPSA) is 18.5 Å². The summed E-state index contributed by atoms with van der Waals surface area (Å²) in [6.45, 7) is 5.93. The molecule has 2 aliphatic rings. The van der Waals surface area contributed by atoms with Gasteiger partial charge in [-0.15, -0.1) is 0 Å². The maximum Gasteiger partial charge on any atom is 0.0478 e. The van der Waals surface area contributed by atoms with Gasteiger partial charge in [-0.1, -0.05) is 24.3 Å². The van der Waals surface area contributed by atoms with Gasteiger partial charge in [-0.3, -0.25) is 4.90 Å². The molecule has 0 radical (unpaired) electrons. The number of rotatable bonds is 2. The Balaban J connectivity index is 1.81. The second-order valence-electron chi connectivity index (χ2n) is 6.40. The lowest BCUT2D eigenvalue weighted by Gasteiger charge is -2.46. The van der Waals surface area contributed by atoms with Gasteiger partial charge in [0.05, 0.1) is 0 Å². The molecule has 0 aromatic heterocycles. The standard InChI is InChI=1S/C17H27N3/c1-13-12-20(11-10-19(13)3)16-9-8-14-6-4-5-7-15(14)17(16)18-2/h4-7,13,16-18H,8-12H2,1-3H3. The van der Waals surface area contributed by atoms with Gasteiger partial charge in [-0.05, 0) is 45.0 Å². The van der Waals surface area contributed by atoms with E-state index in [9.17, 15) is 0 Å². The molecule has 1 heterocycles. The van der Waals surface area contributed by atoms with Crippen LogP contribution < -0.4 is 5.32 Å². The average molecular weight is 273 g/mol. The van der Waals surface area contributed by atoms with E-state index < -0.39 is 0 Å². The molecule has 0 amide bonds. The maximum absolute atomic E-state index is 3.58.